The van der Waals surface area contributed by atoms with Gasteiger partial charge in [0.05, 0.1) is 0 Å². The molecule has 0 aliphatic carbocycles. The molecule has 174 valence electrons. The molecule has 1 amide bonds. The highest BCUT2D eigenvalue weighted by atomic mass is 16.6. The van der Waals surface area contributed by atoms with E-state index in [9.17, 15) is 9.59 Å². The number of rotatable bonds is 8. The van der Waals surface area contributed by atoms with Gasteiger partial charge in [-0.15, -0.1) is 6.58 Å². The topological polar surface area (TPSA) is 55.8 Å². The number of hydrogen-bond acceptors (Lipinski definition) is 4. The van der Waals surface area contributed by atoms with Crippen molar-refractivity contribution < 1.29 is 19.1 Å². The van der Waals surface area contributed by atoms with E-state index in [2.05, 4.69) is 6.58 Å². The Morgan fingerprint density at radius 1 is 0.912 bits per heavy atom. The highest BCUT2D eigenvalue weighted by molar-refractivity contribution is 5.83. The van der Waals surface area contributed by atoms with Gasteiger partial charge in [0, 0.05) is 0 Å². The smallest absolute Gasteiger partial charge is 0.411 e. The fraction of sp³-hybridized carbons (Fsp3) is 0.241. The summed E-state index contributed by atoms with van der Waals surface area (Å²) < 4.78 is 11.8. The molecule has 1 aliphatic heterocycles. The molecule has 5 nitrogen and oxygen atoms in total. The van der Waals surface area contributed by atoms with Crippen molar-refractivity contribution in [3.8, 4) is 0 Å². The van der Waals surface area contributed by atoms with Gasteiger partial charge in [-0.05, 0) is 36.0 Å². The summed E-state index contributed by atoms with van der Waals surface area (Å²) in [6, 6.07) is 27.5. The number of benzene rings is 3. The van der Waals surface area contributed by atoms with E-state index in [-0.39, 0.29) is 6.61 Å². The molecule has 0 aromatic heterocycles. The molecule has 1 heterocycles. The largest absolute Gasteiger partial charge is 0.453 e. The molecule has 3 aromatic carbocycles. The SMILES string of the molecule is C=CCCC[C@H]1C(=O)O[C@H](c2ccccc2)[C@H](c2ccccc2)N1C(=O)OCc1ccccc1. The van der Waals surface area contributed by atoms with Crippen molar-refractivity contribution in [3.05, 3.63) is 120 Å². The first-order chi connectivity index (χ1) is 16.7. The lowest BCUT2D eigenvalue weighted by atomic mass is 9.90. The van der Waals surface area contributed by atoms with Crippen LogP contribution in [0.15, 0.2) is 104 Å². The summed E-state index contributed by atoms with van der Waals surface area (Å²) in [5.74, 6) is -0.415. The molecule has 1 aliphatic rings. The van der Waals surface area contributed by atoms with E-state index < -0.39 is 30.3 Å². The van der Waals surface area contributed by atoms with Gasteiger partial charge in [0.1, 0.15) is 18.7 Å². The summed E-state index contributed by atoms with van der Waals surface area (Å²) in [6.45, 7) is 3.90. The van der Waals surface area contributed by atoms with Crippen LogP contribution in [0.1, 0.15) is 48.1 Å². The standard InChI is InChI=1S/C29H29NO4/c1-2-3-7-20-25-28(31)34-27(24-18-12-6-13-19-24)26(23-16-10-5-11-17-23)30(25)29(32)33-21-22-14-8-4-9-15-22/h2,4-6,8-19,25-27H,1,3,7,20-21H2/t25-,26-,27+/m0/s1. The predicted molar refractivity (Wildman–Crippen MR) is 131 cm³/mol. The molecule has 4 rings (SSSR count). The number of morpholine rings is 1. The zero-order valence-corrected chi connectivity index (χ0v) is 19.1. The molecule has 1 saturated heterocycles. The van der Waals surface area contributed by atoms with Gasteiger partial charge in [-0.2, -0.15) is 0 Å². The van der Waals surface area contributed by atoms with Gasteiger partial charge in [-0.3, -0.25) is 4.90 Å². The fourth-order valence-electron chi connectivity index (χ4n) is 4.35. The van der Waals surface area contributed by atoms with Crippen LogP contribution >= 0.6 is 0 Å². The van der Waals surface area contributed by atoms with Crippen LogP contribution in [-0.4, -0.2) is 23.0 Å². The maximum Gasteiger partial charge on any atom is 0.411 e. The quantitative estimate of drug-likeness (QED) is 0.224. The number of unbranched alkanes of at least 4 members (excludes halogenated alkanes) is 1. The number of carbonyl (C=O) groups is 2. The Morgan fingerprint density at radius 3 is 2.12 bits per heavy atom. The normalized spacial score (nSPS) is 19.8. The van der Waals surface area contributed by atoms with Crippen LogP contribution in [0, 0.1) is 0 Å². The van der Waals surface area contributed by atoms with Crippen LogP contribution in [0.25, 0.3) is 0 Å². The first-order valence-corrected chi connectivity index (χ1v) is 11.6. The highest BCUT2D eigenvalue weighted by Gasteiger charge is 2.48. The average molecular weight is 456 g/mol. The van der Waals surface area contributed by atoms with Gasteiger partial charge < -0.3 is 9.47 Å². The maximum absolute atomic E-state index is 13.6. The summed E-state index contributed by atoms with van der Waals surface area (Å²) >= 11 is 0. The molecule has 0 saturated carbocycles. The number of ether oxygens (including phenoxy) is 2. The lowest BCUT2D eigenvalue weighted by Gasteiger charge is -2.44. The number of esters is 1. The molecule has 0 radical (unpaired) electrons. The fourth-order valence-corrected chi connectivity index (χ4v) is 4.35. The Morgan fingerprint density at radius 2 is 1.50 bits per heavy atom. The van der Waals surface area contributed by atoms with Crippen molar-refractivity contribution in [3.63, 3.8) is 0 Å². The molecule has 3 aromatic rings. The molecule has 5 heteroatoms. The first-order valence-electron chi connectivity index (χ1n) is 11.6. The van der Waals surface area contributed by atoms with Gasteiger partial charge >= 0.3 is 12.1 Å². The van der Waals surface area contributed by atoms with Crippen LogP contribution in [-0.2, 0) is 20.9 Å². The zero-order chi connectivity index (χ0) is 23.8. The Hall–Kier alpha value is -3.86. The summed E-state index contributed by atoms with van der Waals surface area (Å²) in [4.78, 5) is 28.4. The van der Waals surface area contributed by atoms with Crippen LogP contribution in [0.4, 0.5) is 4.79 Å². The molecule has 0 unspecified atom stereocenters. The molecular weight excluding hydrogens is 426 g/mol. The number of allylic oxidation sites excluding steroid dienone is 1. The van der Waals surface area contributed by atoms with E-state index in [0.717, 1.165) is 23.1 Å². The number of cyclic esters (lactones) is 1. The van der Waals surface area contributed by atoms with E-state index in [1.54, 1.807) is 4.90 Å². The van der Waals surface area contributed by atoms with Crippen molar-refractivity contribution in [2.45, 2.75) is 44.1 Å². The number of nitrogens with zero attached hydrogens (tertiary/aromatic N) is 1. The molecule has 1 fully saturated rings. The minimum atomic E-state index is -0.742. The maximum atomic E-state index is 13.6. The van der Waals surface area contributed by atoms with Gasteiger partial charge in [0.2, 0.25) is 0 Å². The van der Waals surface area contributed by atoms with E-state index in [0.29, 0.717) is 12.8 Å². The second-order valence-electron chi connectivity index (χ2n) is 8.31. The van der Waals surface area contributed by atoms with Crippen LogP contribution in [0.5, 0.6) is 0 Å². The van der Waals surface area contributed by atoms with Crippen LogP contribution in [0.3, 0.4) is 0 Å². The lowest BCUT2D eigenvalue weighted by Crippen LogP contribution is -2.54. The van der Waals surface area contributed by atoms with Crippen LogP contribution < -0.4 is 0 Å². The number of carbonyl (C=O) groups excluding carboxylic acids is 2. The second-order valence-corrected chi connectivity index (χ2v) is 8.31. The third-order valence-corrected chi connectivity index (χ3v) is 6.01. The van der Waals surface area contributed by atoms with E-state index in [1.165, 1.54) is 0 Å². The minimum Gasteiger partial charge on any atom is -0.453 e. The number of hydrogen-bond donors (Lipinski definition) is 0. The van der Waals surface area contributed by atoms with Crippen molar-refractivity contribution in [1.82, 2.24) is 4.90 Å². The Kier molecular flexibility index (Phi) is 7.76. The molecule has 3 atom stereocenters. The third-order valence-electron chi connectivity index (χ3n) is 6.01. The molecule has 34 heavy (non-hydrogen) atoms. The zero-order valence-electron chi connectivity index (χ0n) is 19.1. The van der Waals surface area contributed by atoms with E-state index in [4.69, 9.17) is 9.47 Å². The third kappa shape index (κ3) is 5.37. The molecule has 0 N–H and O–H groups in total. The lowest BCUT2D eigenvalue weighted by molar-refractivity contribution is -0.173. The van der Waals surface area contributed by atoms with Gasteiger partial charge in [0.15, 0.2) is 6.10 Å². The first kappa shape index (κ1) is 23.3. The van der Waals surface area contributed by atoms with E-state index in [1.807, 2.05) is 97.1 Å². The minimum absolute atomic E-state index is 0.127. The van der Waals surface area contributed by atoms with Crippen molar-refractivity contribution >= 4 is 12.1 Å². The summed E-state index contributed by atoms with van der Waals surface area (Å²) in [5.41, 5.74) is 2.60. The highest BCUT2D eigenvalue weighted by Crippen LogP contribution is 2.43. The molecular formula is C29H29NO4. The average Bonchev–Trinajstić information content (AvgIpc) is 2.89. The Labute approximate surface area is 200 Å². The summed E-state index contributed by atoms with van der Waals surface area (Å²) in [7, 11) is 0. The van der Waals surface area contributed by atoms with Crippen molar-refractivity contribution in [2.75, 3.05) is 0 Å². The van der Waals surface area contributed by atoms with Crippen molar-refractivity contribution in [1.29, 1.82) is 0 Å². The Balaban J connectivity index is 1.72. The monoisotopic (exact) mass is 455 g/mol. The Bertz CT molecular complexity index is 1080. The van der Waals surface area contributed by atoms with Crippen LogP contribution in [0.2, 0.25) is 0 Å². The summed E-state index contributed by atoms with van der Waals surface area (Å²) in [6.07, 6.45) is 2.57. The number of amides is 1. The predicted octanol–water partition coefficient (Wildman–Crippen LogP) is 6.39. The van der Waals surface area contributed by atoms with Gasteiger partial charge in [-0.1, -0.05) is 97.1 Å². The summed E-state index contributed by atoms with van der Waals surface area (Å²) in [5, 5.41) is 0. The van der Waals surface area contributed by atoms with Crippen molar-refractivity contribution in [2.24, 2.45) is 0 Å². The van der Waals surface area contributed by atoms with E-state index >= 15 is 0 Å². The molecule has 0 bridgehead atoms. The van der Waals surface area contributed by atoms with Gasteiger partial charge in [0.25, 0.3) is 0 Å². The van der Waals surface area contributed by atoms with Gasteiger partial charge in [-0.25, -0.2) is 9.59 Å². The second kappa shape index (κ2) is 11.3. The molecule has 0 spiro atoms.